The first-order valence-corrected chi connectivity index (χ1v) is 7.93. The zero-order chi connectivity index (χ0) is 17.6. The summed E-state index contributed by atoms with van der Waals surface area (Å²) >= 11 is 0. The van der Waals surface area contributed by atoms with Gasteiger partial charge in [-0.3, -0.25) is 4.98 Å². The number of carbonyl (C=O) groups excluding carboxylic acids is 1. The summed E-state index contributed by atoms with van der Waals surface area (Å²) < 4.78 is 19.6. The van der Waals surface area contributed by atoms with Gasteiger partial charge in [-0.05, 0) is 24.3 Å². The van der Waals surface area contributed by atoms with Crippen molar-refractivity contribution >= 4 is 6.03 Å². The number of pyridine rings is 1. The molecule has 0 radical (unpaired) electrons. The third kappa shape index (κ3) is 4.23. The van der Waals surface area contributed by atoms with E-state index >= 15 is 0 Å². The second kappa shape index (κ2) is 7.62. The van der Waals surface area contributed by atoms with Crippen molar-refractivity contribution < 1.29 is 13.9 Å². The van der Waals surface area contributed by atoms with E-state index in [9.17, 15) is 9.18 Å². The molecular weight excluding hydrogens is 323 g/mol. The number of likely N-dealkylation sites (tertiary alicyclic amines) is 1. The third-order valence-electron chi connectivity index (χ3n) is 4.00. The van der Waals surface area contributed by atoms with E-state index in [1.165, 1.54) is 12.1 Å². The summed E-state index contributed by atoms with van der Waals surface area (Å²) in [5.74, 6) is 0.224. The van der Waals surface area contributed by atoms with E-state index in [-0.39, 0.29) is 24.2 Å². The van der Waals surface area contributed by atoms with Gasteiger partial charge in [0.25, 0.3) is 0 Å². The lowest BCUT2D eigenvalue weighted by Crippen LogP contribution is -2.39. The Morgan fingerprint density at radius 3 is 2.92 bits per heavy atom. The van der Waals surface area contributed by atoms with Crippen molar-refractivity contribution in [2.24, 2.45) is 0 Å². The molecule has 0 bridgehead atoms. The quantitative estimate of drug-likeness (QED) is 0.927. The van der Waals surface area contributed by atoms with Gasteiger partial charge in [-0.2, -0.15) is 5.26 Å². The largest absolute Gasteiger partial charge is 0.488 e. The van der Waals surface area contributed by atoms with Crippen LogP contribution < -0.4 is 10.1 Å². The number of nitriles is 1. The first kappa shape index (κ1) is 16.7. The molecule has 1 saturated heterocycles. The lowest BCUT2D eigenvalue weighted by atomic mass is 10.1. The maximum absolute atomic E-state index is 13.8. The summed E-state index contributed by atoms with van der Waals surface area (Å²) in [5.41, 5.74) is 0.597. The van der Waals surface area contributed by atoms with Gasteiger partial charge in [0.05, 0.1) is 18.2 Å². The summed E-state index contributed by atoms with van der Waals surface area (Å²) in [6.07, 6.45) is 3.97. The number of amides is 2. The van der Waals surface area contributed by atoms with E-state index in [4.69, 9.17) is 10.00 Å². The van der Waals surface area contributed by atoms with Gasteiger partial charge >= 0.3 is 6.03 Å². The highest BCUT2D eigenvalue weighted by molar-refractivity contribution is 5.74. The Hall–Kier alpha value is -3.14. The number of rotatable bonds is 4. The number of urea groups is 1. The van der Waals surface area contributed by atoms with E-state index in [1.807, 2.05) is 6.07 Å². The number of carbonyl (C=O) groups is 1. The smallest absolute Gasteiger partial charge is 0.317 e. The predicted molar refractivity (Wildman–Crippen MR) is 88.2 cm³/mol. The molecule has 0 aliphatic carbocycles. The van der Waals surface area contributed by atoms with Crippen LogP contribution in [0.1, 0.15) is 17.5 Å². The Balaban J connectivity index is 1.50. The van der Waals surface area contributed by atoms with Crippen LogP contribution in [0, 0.1) is 17.1 Å². The molecule has 1 unspecified atom stereocenters. The van der Waals surface area contributed by atoms with E-state index < -0.39 is 5.82 Å². The van der Waals surface area contributed by atoms with Gasteiger partial charge in [-0.1, -0.05) is 6.07 Å². The molecule has 6 nitrogen and oxygen atoms in total. The molecule has 25 heavy (non-hydrogen) atoms. The summed E-state index contributed by atoms with van der Waals surface area (Å²) in [5, 5.41) is 11.4. The topological polar surface area (TPSA) is 78.2 Å². The SMILES string of the molecule is N#Cc1ccc(CNC(=O)N2CCC(Oc3ccncc3)C2)c(F)c1. The van der Waals surface area contributed by atoms with Crippen molar-refractivity contribution in [3.63, 3.8) is 0 Å². The zero-order valence-electron chi connectivity index (χ0n) is 13.5. The molecule has 1 fully saturated rings. The molecule has 7 heteroatoms. The van der Waals surface area contributed by atoms with Crippen LogP contribution in [0.2, 0.25) is 0 Å². The van der Waals surface area contributed by atoms with E-state index in [1.54, 1.807) is 29.4 Å². The summed E-state index contributed by atoms with van der Waals surface area (Å²) in [4.78, 5) is 17.8. The lowest BCUT2D eigenvalue weighted by molar-refractivity contribution is 0.186. The Morgan fingerprint density at radius 1 is 1.40 bits per heavy atom. The first-order chi connectivity index (χ1) is 12.2. The average molecular weight is 340 g/mol. The number of halogens is 1. The second-order valence-electron chi connectivity index (χ2n) is 5.73. The van der Waals surface area contributed by atoms with Crippen LogP contribution in [0.5, 0.6) is 5.75 Å². The van der Waals surface area contributed by atoms with Crippen LogP contribution in [0.15, 0.2) is 42.7 Å². The van der Waals surface area contributed by atoms with Gasteiger partial charge < -0.3 is 15.0 Å². The second-order valence-corrected chi connectivity index (χ2v) is 5.73. The molecule has 3 rings (SSSR count). The summed E-state index contributed by atoms with van der Waals surface area (Å²) in [6.45, 7) is 1.13. The standard InChI is InChI=1S/C18H17FN4O2/c19-17-9-13(10-20)1-2-14(17)11-22-18(24)23-8-5-16(12-23)25-15-3-6-21-7-4-15/h1-4,6-7,9,16H,5,8,11-12H2,(H,22,24). The van der Waals surface area contributed by atoms with Crippen molar-refractivity contribution in [2.45, 2.75) is 19.1 Å². The Bertz CT molecular complexity index is 791. The maximum atomic E-state index is 13.8. The zero-order valence-corrected chi connectivity index (χ0v) is 13.5. The molecular formula is C18H17FN4O2. The van der Waals surface area contributed by atoms with Crippen LogP contribution >= 0.6 is 0 Å². The van der Waals surface area contributed by atoms with Gasteiger partial charge in [0.15, 0.2) is 0 Å². The predicted octanol–water partition coefficient (Wildman–Crippen LogP) is 2.46. The molecule has 2 amide bonds. The van der Waals surface area contributed by atoms with Gasteiger partial charge in [0, 0.05) is 37.5 Å². The lowest BCUT2D eigenvalue weighted by Gasteiger charge is -2.18. The molecule has 2 heterocycles. The van der Waals surface area contributed by atoms with Gasteiger partial charge in [-0.25, -0.2) is 9.18 Å². The van der Waals surface area contributed by atoms with Gasteiger partial charge in [0.2, 0.25) is 0 Å². The monoisotopic (exact) mass is 340 g/mol. The van der Waals surface area contributed by atoms with Crippen LogP contribution in [0.4, 0.5) is 9.18 Å². The summed E-state index contributed by atoms with van der Waals surface area (Å²) in [6, 6.07) is 9.36. The van der Waals surface area contributed by atoms with Gasteiger partial charge in [-0.15, -0.1) is 0 Å². The van der Waals surface area contributed by atoms with Crippen LogP contribution in [0.3, 0.4) is 0 Å². The molecule has 1 atom stereocenters. The number of hydrogen-bond donors (Lipinski definition) is 1. The van der Waals surface area contributed by atoms with Crippen molar-refractivity contribution in [3.8, 4) is 11.8 Å². The fraction of sp³-hybridized carbons (Fsp3) is 0.278. The Morgan fingerprint density at radius 2 is 2.20 bits per heavy atom. The van der Waals surface area contributed by atoms with Crippen LogP contribution in [0.25, 0.3) is 0 Å². The number of benzene rings is 1. The highest BCUT2D eigenvalue weighted by Crippen LogP contribution is 2.17. The summed E-state index contributed by atoms with van der Waals surface area (Å²) in [7, 11) is 0. The molecule has 128 valence electrons. The number of nitrogens with one attached hydrogen (secondary N) is 1. The normalized spacial score (nSPS) is 16.3. The number of hydrogen-bond acceptors (Lipinski definition) is 4. The first-order valence-electron chi connectivity index (χ1n) is 7.93. The molecule has 1 aromatic heterocycles. The Labute approximate surface area is 144 Å². The minimum absolute atomic E-state index is 0.0696. The van der Waals surface area contributed by atoms with Gasteiger partial charge in [0.1, 0.15) is 17.7 Å². The molecule has 1 aliphatic heterocycles. The number of ether oxygens (including phenoxy) is 1. The van der Waals surface area contributed by atoms with Crippen LogP contribution in [-0.2, 0) is 6.54 Å². The fourth-order valence-corrected chi connectivity index (χ4v) is 2.66. The minimum atomic E-state index is -0.500. The molecule has 0 spiro atoms. The van der Waals surface area contributed by atoms with Crippen molar-refractivity contribution in [2.75, 3.05) is 13.1 Å². The maximum Gasteiger partial charge on any atom is 0.317 e. The third-order valence-corrected chi connectivity index (χ3v) is 4.00. The van der Waals surface area contributed by atoms with E-state index in [2.05, 4.69) is 10.3 Å². The number of aromatic nitrogens is 1. The highest BCUT2D eigenvalue weighted by Gasteiger charge is 2.27. The molecule has 1 aliphatic rings. The molecule has 0 saturated carbocycles. The molecule has 2 aromatic rings. The van der Waals surface area contributed by atoms with Crippen molar-refractivity contribution in [3.05, 3.63) is 59.7 Å². The van der Waals surface area contributed by atoms with E-state index in [0.29, 0.717) is 18.7 Å². The van der Waals surface area contributed by atoms with Crippen molar-refractivity contribution in [1.82, 2.24) is 15.2 Å². The fourth-order valence-electron chi connectivity index (χ4n) is 2.66. The Kier molecular flexibility index (Phi) is 5.09. The minimum Gasteiger partial charge on any atom is -0.488 e. The van der Waals surface area contributed by atoms with E-state index in [0.717, 1.165) is 18.2 Å². The average Bonchev–Trinajstić information content (AvgIpc) is 3.09. The molecule has 1 N–H and O–H groups in total. The van der Waals surface area contributed by atoms with Crippen LogP contribution in [-0.4, -0.2) is 35.1 Å². The van der Waals surface area contributed by atoms with Crippen molar-refractivity contribution in [1.29, 1.82) is 5.26 Å². The molecule has 1 aromatic carbocycles. The number of nitrogens with zero attached hydrogens (tertiary/aromatic N) is 3. The highest BCUT2D eigenvalue weighted by atomic mass is 19.1.